The number of aryl methyl sites for hydroxylation is 2. The lowest BCUT2D eigenvalue weighted by Gasteiger charge is -2.50. The highest BCUT2D eigenvalue weighted by atomic mass is 15.2. The summed E-state index contributed by atoms with van der Waals surface area (Å²) < 4.78 is 0. The molecule has 0 aliphatic carbocycles. The van der Waals surface area contributed by atoms with Crippen LogP contribution in [0.25, 0.3) is 11.1 Å². The summed E-state index contributed by atoms with van der Waals surface area (Å²) in [5, 5.41) is 3.71. The van der Waals surface area contributed by atoms with Crippen LogP contribution in [0.1, 0.15) is 30.9 Å². The predicted molar refractivity (Wildman–Crippen MR) is 100 cm³/mol. The summed E-state index contributed by atoms with van der Waals surface area (Å²) in [5.74, 6) is 1.81. The summed E-state index contributed by atoms with van der Waals surface area (Å²) in [6, 6.07) is 12.1. The summed E-state index contributed by atoms with van der Waals surface area (Å²) in [4.78, 5) is 7.30. The summed E-state index contributed by atoms with van der Waals surface area (Å²) in [5.41, 5.74) is 5.09. The molecule has 3 saturated heterocycles. The number of aromatic nitrogens is 1. The molecule has 2 atom stereocenters. The Morgan fingerprint density at radius 3 is 2.38 bits per heavy atom. The third-order valence-corrected chi connectivity index (χ3v) is 6.10. The minimum Gasteiger partial charge on any atom is -0.365 e. The van der Waals surface area contributed by atoms with Crippen LogP contribution in [-0.4, -0.2) is 35.1 Å². The number of fused-ring (bicyclic) bond motifs is 3. The van der Waals surface area contributed by atoms with Gasteiger partial charge >= 0.3 is 0 Å². The van der Waals surface area contributed by atoms with Crippen LogP contribution >= 0.6 is 0 Å². The van der Waals surface area contributed by atoms with Gasteiger partial charge in [-0.15, -0.1) is 0 Å². The number of hydrogen-bond donors (Lipinski definition) is 1. The molecule has 0 spiro atoms. The van der Waals surface area contributed by atoms with Crippen molar-refractivity contribution in [2.75, 3.05) is 18.4 Å². The SMILES string of the molecule is Cc1ccc(-c2ccc(N[C@H]3C4CCN(CC4)[C@@H]3C)nc2)cc1C. The highest BCUT2D eigenvalue weighted by molar-refractivity contribution is 5.65. The van der Waals surface area contributed by atoms with Crippen LogP contribution < -0.4 is 5.32 Å². The molecule has 0 amide bonds. The van der Waals surface area contributed by atoms with Crippen molar-refractivity contribution in [2.24, 2.45) is 5.92 Å². The number of rotatable bonds is 3. The first kappa shape index (κ1) is 15.6. The van der Waals surface area contributed by atoms with Crippen LogP contribution in [0.2, 0.25) is 0 Å². The van der Waals surface area contributed by atoms with Gasteiger partial charge in [0.2, 0.25) is 0 Å². The molecule has 4 heterocycles. The van der Waals surface area contributed by atoms with E-state index in [1.165, 1.54) is 48.2 Å². The topological polar surface area (TPSA) is 28.2 Å². The van der Waals surface area contributed by atoms with Crippen molar-refractivity contribution in [1.82, 2.24) is 9.88 Å². The standard InChI is InChI=1S/C21H27N3/c1-14-4-5-18(12-15(14)2)19-6-7-20(22-13-19)23-21-16(3)24-10-8-17(21)9-11-24/h4-7,12-13,16-17,21H,8-11H2,1-3H3,(H,22,23)/t16-,21-/m1/s1. The molecule has 1 aromatic heterocycles. The van der Waals surface area contributed by atoms with Crippen LogP contribution in [-0.2, 0) is 0 Å². The van der Waals surface area contributed by atoms with Crippen LogP contribution in [0.5, 0.6) is 0 Å². The first-order valence-corrected chi connectivity index (χ1v) is 9.16. The van der Waals surface area contributed by atoms with E-state index in [4.69, 9.17) is 0 Å². The van der Waals surface area contributed by atoms with E-state index in [0.29, 0.717) is 12.1 Å². The van der Waals surface area contributed by atoms with Crippen molar-refractivity contribution in [3.63, 3.8) is 0 Å². The quantitative estimate of drug-likeness (QED) is 0.915. The van der Waals surface area contributed by atoms with Gasteiger partial charge in [-0.1, -0.05) is 18.2 Å². The van der Waals surface area contributed by atoms with Crippen LogP contribution in [0.4, 0.5) is 5.82 Å². The van der Waals surface area contributed by atoms with Crippen molar-refractivity contribution in [1.29, 1.82) is 0 Å². The van der Waals surface area contributed by atoms with Crippen LogP contribution in [0, 0.1) is 19.8 Å². The highest BCUT2D eigenvalue weighted by Gasteiger charge is 2.39. The molecular formula is C21H27N3. The fraction of sp³-hybridized carbons (Fsp3) is 0.476. The van der Waals surface area contributed by atoms with Gasteiger partial charge in [-0.25, -0.2) is 4.98 Å². The molecule has 3 aliphatic heterocycles. The number of anilines is 1. The Morgan fingerprint density at radius 2 is 1.75 bits per heavy atom. The van der Waals surface area contributed by atoms with Gasteiger partial charge in [-0.05, 0) is 81.4 Å². The zero-order chi connectivity index (χ0) is 16.7. The maximum atomic E-state index is 4.69. The number of pyridine rings is 1. The molecule has 126 valence electrons. The lowest BCUT2D eigenvalue weighted by molar-refractivity contribution is 0.0457. The summed E-state index contributed by atoms with van der Waals surface area (Å²) >= 11 is 0. The zero-order valence-electron chi connectivity index (χ0n) is 14.9. The molecule has 5 rings (SSSR count). The first-order chi connectivity index (χ1) is 11.6. The Kier molecular flexibility index (Phi) is 4.05. The maximum absolute atomic E-state index is 4.69. The molecule has 3 aliphatic rings. The fourth-order valence-corrected chi connectivity index (χ4v) is 4.29. The van der Waals surface area contributed by atoms with Crippen molar-refractivity contribution in [3.8, 4) is 11.1 Å². The largest absolute Gasteiger partial charge is 0.365 e. The molecule has 2 aromatic rings. The normalized spacial score (nSPS) is 28.8. The maximum Gasteiger partial charge on any atom is 0.126 e. The Bertz CT molecular complexity index is 712. The Labute approximate surface area is 145 Å². The second kappa shape index (κ2) is 6.21. The third kappa shape index (κ3) is 2.82. The lowest BCUT2D eigenvalue weighted by Crippen LogP contribution is -2.59. The molecule has 0 saturated carbocycles. The Hall–Kier alpha value is -1.87. The van der Waals surface area contributed by atoms with Crippen molar-refractivity contribution < 1.29 is 0 Å². The molecule has 2 bridgehead atoms. The molecule has 1 aromatic carbocycles. The van der Waals surface area contributed by atoms with Gasteiger partial charge in [-0.2, -0.15) is 0 Å². The van der Waals surface area contributed by atoms with E-state index in [1.807, 2.05) is 6.20 Å². The summed E-state index contributed by atoms with van der Waals surface area (Å²) in [7, 11) is 0. The van der Waals surface area contributed by atoms with Crippen LogP contribution in [0.15, 0.2) is 36.5 Å². The van der Waals surface area contributed by atoms with Crippen molar-refractivity contribution in [2.45, 2.75) is 45.7 Å². The average Bonchev–Trinajstić information content (AvgIpc) is 2.61. The molecule has 24 heavy (non-hydrogen) atoms. The summed E-state index contributed by atoms with van der Waals surface area (Å²) in [6.07, 6.45) is 4.64. The van der Waals surface area contributed by atoms with Gasteiger partial charge in [0.05, 0.1) is 0 Å². The number of benzene rings is 1. The van der Waals surface area contributed by atoms with Gasteiger partial charge in [0.25, 0.3) is 0 Å². The highest BCUT2D eigenvalue weighted by Crippen LogP contribution is 2.34. The van der Waals surface area contributed by atoms with Gasteiger partial charge in [0.15, 0.2) is 0 Å². The first-order valence-electron chi connectivity index (χ1n) is 9.16. The Morgan fingerprint density at radius 1 is 1.00 bits per heavy atom. The van der Waals surface area contributed by atoms with E-state index in [-0.39, 0.29) is 0 Å². The smallest absolute Gasteiger partial charge is 0.126 e. The van der Waals surface area contributed by atoms with Gasteiger partial charge in [0.1, 0.15) is 5.82 Å². The Balaban J connectivity index is 1.50. The molecule has 3 nitrogen and oxygen atoms in total. The number of nitrogens with zero attached hydrogens (tertiary/aromatic N) is 2. The molecule has 3 heteroatoms. The van der Waals surface area contributed by atoms with E-state index in [1.54, 1.807) is 0 Å². The lowest BCUT2D eigenvalue weighted by atomic mass is 9.79. The molecule has 1 N–H and O–H groups in total. The molecule has 3 fully saturated rings. The monoisotopic (exact) mass is 321 g/mol. The van der Waals surface area contributed by atoms with E-state index < -0.39 is 0 Å². The zero-order valence-corrected chi connectivity index (χ0v) is 14.9. The van der Waals surface area contributed by atoms with Crippen molar-refractivity contribution >= 4 is 5.82 Å². The minimum absolute atomic E-state index is 0.535. The second-order valence-electron chi connectivity index (χ2n) is 7.52. The van der Waals surface area contributed by atoms with E-state index >= 15 is 0 Å². The van der Waals surface area contributed by atoms with Crippen LogP contribution in [0.3, 0.4) is 0 Å². The van der Waals surface area contributed by atoms with Crippen molar-refractivity contribution in [3.05, 3.63) is 47.7 Å². The fourth-order valence-electron chi connectivity index (χ4n) is 4.29. The molecule has 0 unspecified atom stereocenters. The van der Waals surface area contributed by atoms with Gasteiger partial charge < -0.3 is 5.32 Å². The second-order valence-corrected chi connectivity index (χ2v) is 7.52. The van der Waals surface area contributed by atoms with E-state index in [0.717, 1.165) is 11.7 Å². The van der Waals surface area contributed by atoms with E-state index in [2.05, 4.69) is 66.3 Å². The average molecular weight is 321 g/mol. The van der Waals surface area contributed by atoms with Gasteiger partial charge in [-0.3, -0.25) is 4.90 Å². The number of nitrogens with one attached hydrogen (secondary N) is 1. The number of hydrogen-bond acceptors (Lipinski definition) is 3. The predicted octanol–water partition coefficient (Wildman–Crippen LogP) is 4.26. The minimum atomic E-state index is 0.535. The van der Waals surface area contributed by atoms with Gasteiger partial charge in [0, 0.05) is 23.8 Å². The molecular weight excluding hydrogens is 294 g/mol. The third-order valence-electron chi connectivity index (χ3n) is 6.10. The molecule has 0 radical (unpaired) electrons. The summed E-state index contributed by atoms with van der Waals surface area (Å²) in [6.45, 7) is 9.20. The van der Waals surface area contributed by atoms with E-state index in [9.17, 15) is 0 Å². The number of piperidine rings is 3.